The smallest absolute Gasteiger partial charge is 0.109 e. The molecule has 1 aromatic heterocycles. The average Bonchev–Trinajstić information content (AvgIpc) is 2.69. The Balaban J connectivity index is 2.30. The highest BCUT2D eigenvalue weighted by atomic mass is 16.2. The average molecular weight is 232 g/mol. The highest BCUT2D eigenvalue weighted by Crippen LogP contribution is 2.17. The highest BCUT2D eigenvalue weighted by Gasteiger charge is 2.08. The van der Waals surface area contributed by atoms with Crippen LogP contribution in [-0.4, -0.2) is 21.3 Å². The fraction of sp³-hybridized carbons (Fsp3) is 0.500. The van der Waals surface area contributed by atoms with Crippen LogP contribution < -0.4 is 0 Å². The highest BCUT2D eigenvalue weighted by molar-refractivity contribution is 5.75. The van der Waals surface area contributed by atoms with Crippen LogP contribution in [0.2, 0.25) is 0 Å². The maximum Gasteiger partial charge on any atom is 0.109 e. The summed E-state index contributed by atoms with van der Waals surface area (Å²) in [5.74, 6) is 1.17. The molecule has 0 atom stereocenters. The van der Waals surface area contributed by atoms with Crippen LogP contribution in [0.15, 0.2) is 24.3 Å². The molecule has 0 bridgehead atoms. The number of nitrogens with zero attached hydrogens (tertiary/aromatic N) is 2. The number of aryl methyl sites for hydroxylation is 2. The molecule has 0 aliphatic heterocycles. The van der Waals surface area contributed by atoms with Crippen molar-refractivity contribution in [2.75, 3.05) is 6.61 Å². The molecule has 3 heteroatoms. The summed E-state index contributed by atoms with van der Waals surface area (Å²) in [7, 11) is 0. The molecule has 0 fully saturated rings. The first-order valence-corrected chi connectivity index (χ1v) is 6.41. The summed E-state index contributed by atoms with van der Waals surface area (Å²) in [6, 6.07) is 8.28. The van der Waals surface area contributed by atoms with Gasteiger partial charge in [-0.05, 0) is 31.4 Å². The van der Waals surface area contributed by atoms with E-state index in [0.29, 0.717) is 0 Å². The van der Waals surface area contributed by atoms with Crippen molar-refractivity contribution in [3.05, 3.63) is 30.1 Å². The Bertz CT molecular complexity index is 476. The number of hydrogen-bond acceptors (Lipinski definition) is 2. The van der Waals surface area contributed by atoms with E-state index in [4.69, 9.17) is 5.11 Å². The van der Waals surface area contributed by atoms with E-state index >= 15 is 0 Å². The molecule has 0 saturated heterocycles. The van der Waals surface area contributed by atoms with Crippen LogP contribution in [0.5, 0.6) is 0 Å². The summed E-state index contributed by atoms with van der Waals surface area (Å²) >= 11 is 0. The number of unbranched alkanes of at least 4 members (excludes halogenated alkanes) is 1. The molecule has 3 nitrogen and oxygen atoms in total. The Morgan fingerprint density at radius 3 is 2.82 bits per heavy atom. The summed E-state index contributed by atoms with van der Waals surface area (Å²) in [6.07, 6.45) is 4.00. The lowest BCUT2D eigenvalue weighted by atomic mass is 10.2. The van der Waals surface area contributed by atoms with E-state index in [0.717, 1.165) is 37.7 Å². The molecule has 0 amide bonds. The molecule has 2 rings (SSSR count). The fourth-order valence-electron chi connectivity index (χ4n) is 2.17. The maximum atomic E-state index is 8.86. The van der Waals surface area contributed by atoms with Crippen LogP contribution in [0.1, 0.15) is 32.0 Å². The molecule has 2 aromatic rings. The maximum absolute atomic E-state index is 8.86. The molecule has 92 valence electrons. The molecular weight excluding hydrogens is 212 g/mol. The van der Waals surface area contributed by atoms with E-state index in [2.05, 4.69) is 34.7 Å². The van der Waals surface area contributed by atoms with Crippen molar-refractivity contribution in [1.29, 1.82) is 0 Å². The SMILES string of the molecule is CCCc1nc2ccccc2n1CCCCO. The third-order valence-electron chi connectivity index (χ3n) is 3.00. The van der Waals surface area contributed by atoms with Gasteiger partial charge in [-0.15, -0.1) is 0 Å². The molecule has 0 unspecified atom stereocenters. The van der Waals surface area contributed by atoms with E-state index in [1.807, 2.05) is 6.07 Å². The van der Waals surface area contributed by atoms with Crippen LogP contribution in [0, 0.1) is 0 Å². The molecule has 1 heterocycles. The van der Waals surface area contributed by atoms with Gasteiger partial charge in [0, 0.05) is 19.6 Å². The predicted octanol–water partition coefficient (Wildman–Crippen LogP) is 2.76. The first-order valence-electron chi connectivity index (χ1n) is 6.41. The van der Waals surface area contributed by atoms with Gasteiger partial charge < -0.3 is 9.67 Å². The Hall–Kier alpha value is -1.35. The van der Waals surface area contributed by atoms with Crippen molar-refractivity contribution in [2.24, 2.45) is 0 Å². The van der Waals surface area contributed by atoms with E-state index < -0.39 is 0 Å². The number of rotatable bonds is 6. The zero-order valence-corrected chi connectivity index (χ0v) is 10.4. The Kier molecular flexibility index (Phi) is 4.15. The molecule has 0 radical (unpaired) electrons. The number of fused-ring (bicyclic) bond motifs is 1. The Morgan fingerprint density at radius 2 is 2.06 bits per heavy atom. The first kappa shape index (κ1) is 12.1. The van der Waals surface area contributed by atoms with Crippen molar-refractivity contribution in [1.82, 2.24) is 9.55 Å². The second kappa shape index (κ2) is 5.82. The van der Waals surface area contributed by atoms with Crippen molar-refractivity contribution in [2.45, 2.75) is 39.2 Å². The minimum absolute atomic E-state index is 0.274. The van der Waals surface area contributed by atoms with Gasteiger partial charge in [-0.25, -0.2) is 4.98 Å². The van der Waals surface area contributed by atoms with Gasteiger partial charge in [-0.1, -0.05) is 19.1 Å². The molecule has 1 N–H and O–H groups in total. The third kappa shape index (κ3) is 2.67. The van der Waals surface area contributed by atoms with Crippen LogP contribution in [0.4, 0.5) is 0 Å². The number of aliphatic hydroxyl groups is 1. The third-order valence-corrected chi connectivity index (χ3v) is 3.00. The Labute approximate surface area is 102 Å². The Morgan fingerprint density at radius 1 is 1.24 bits per heavy atom. The molecule has 1 aromatic carbocycles. The van der Waals surface area contributed by atoms with Crippen LogP contribution in [0.25, 0.3) is 11.0 Å². The lowest BCUT2D eigenvalue weighted by molar-refractivity contribution is 0.281. The van der Waals surface area contributed by atoms with Gasteiger partial charge in [-0.2, -0.15) is 0 Å². The first-order chi connectivity index (χ1) is 8.36. The van der Waals surface area contributed by atoms with E-state index in [1.54, 1.807) is 0 Å². The summed E-state index contributed by atoms with van der Waals surface area (Å²) in [5.41, 5.74) is 2.30. The van der Waals surface area contributed by atoms with Crippen molar-refractivity contribution in [3.8, 4) is 0 Å². The van der Waals surface area contributed by atoms with Gasteiger partial charge in [0.25, 0.3) is 0 Å². The van der Waals surface area contributed by atoms with Gasteiger partial charge in [0.2, 0.25) is 0 Å². The van der Waals surface area contributed by atoms with Gasteiger partial charge in [0.05, 0.1) is 11.0 Å². The molecule has 17 heavy (non-hydrogen) atoms. The predicted molar refractivity (Wildman–Crippen MR) is 70.0 cm³/mol. The standard InChI is InChI=1S/C14H20N2O/c1-2-7-14-15-12-8-3-4-9-13(12)16(14)10-5-6-11-17/h3-4,8-9,17H,2,5-7,10-11H2,1H3. The topological polar surface area (TPSA) is 38.0 Å². The second-order valence-corrected chi connectivity index (χ2v) is 4.35. The fourth-order valence-corrected chi connectivity index (χ4v) is 2.17. The van der Waals surface area contributed by atoms with Gasteiger partial charge in [-0.3, -0.25) is 0 Å². The largest absolute Gasteiger partial charge is 0.396 e. The summed E-state index contributed by atoms with van der Waals surface area (Å²) in [5, 5.41) is 8.86. The van der Waals surface area contributed by atoms with Crippen LogP contribution in [-0.2, 0) is 13.0 Å². The van der Waals surface area contributed by atoms with Crippen molar-refractivity contribution < 1.29 is 5.11 Å². The number of para-hydroxylation sites is 2. The number of hydrogen-bond donors (Lipinski definition) is 1. The van der Waals surface area contributed by atoms with Crippen LogP contribution >= 0.6 is 0 Å². The zero-order chi connectivity index (χ0) is 12.1. The number of aliphatic hydroxyl groups excluding tert-OH is 1. The number of imidazole rings is 1. The van der Waals surface area contributed by atoms with Gasteiger partial charge in [0.1, 0.15) is 5.82 Å². The van der Waals surface area contributed by atoms with Crippen LogP contribution in [0.3, 0.4) is 0 Å². The molecule has 0 aliphatic rings. The number of benzene rings is 1. The normalized spacial score (nSPS) is 11.2. The minimum Gasteiger partial charge on any atom is -0.396 e. The monoisotopic (exact) mass is 232 g/mol. The van der Waals surface area contributed by atoms with Gasteiger partial charge >= 0.3 is 0 Å². The summed E-state index contributed by atoms with van der Waals surface area (Å²) in [4.78, 5) is 4.68. The van der Waals surface area contributed by atoms with E-state index in [9.17, 15) is 0 Å². The summed E-state index contributed by atoms with van der Waals surface area (Å²) in [6.45, 7) is 3.41. The van der Waals surface area contributed by atoms with Crippen molar-refractivity contribution in [3.63, 3.8) is 0 Å². The second-order valence-electron chi connectivity index (χ2n) is 4.35. The molecule has 0 saturated carbocycles. The molecule has 0 aliphatic carbocycles. The van der Waals surface area contributed by atoms with E-state index in [-0.39, 0.29) is 6.61 Å². The summed E-state index contributed by atoms with van der Waals surface area (Å²) < 4.78 is 2.30. The lowest BCUT2D eigenvalue weighted by Gasteiger charge is -2.07. The minimum atomic E-state index is 0.274. The van der Waals surface area contributed by atoms with Gasteiger partial charge in [0.15, 0.2) is 0 Å². The van der Waals surface area contributed by atoms with Crippen molar-refractivity contribution >= 4 is 11.0 Å². The molecular formula is C14H20N2O. The quantitative estimate of drug-likeness (QED) is 0.778. The molecule has 0 spiro atoms. The number of aromatic nitrogens is 2. The van der Waals surface area contributed by atoms with E-state index in [1.165, 1.54) is 11.3 Å². The zero-order valence-electron chi connectivity index (χ0n) is 10.4. The lowest BCUT2D eigenvalue weighted by Crippen LogP contribution is -2.04.